The summed E-state index contributed by atoms with van der Waals surface area (Å²) in [6.07, 6.45) is -3.61. The number of likely N-dealkylation sites (tertiary alicyclic amines) is 1. The number of carbonyl (C=O) groups excluding carboxylic acids is 2. The largest absolute Gasteiger partial charge is 0.444 e. The molecule has 1 aromatic carbocycles. The average molecular weight is 456 g/mol. The van der Waals surface area contributed by atoms with Crippen molar-refractivity contribution in [2.45, 2.75) is 51.4 Å². The Morgan fingerprint density at radius 2 is 1.94 bits per heavy atom. The number of alkyl halides is 3. The molecular weight excluding hydrogens is 432 g/mol. The molecule has 2 aromatic rings. The summed E-state index contributed by atoms with van der Waals surface area (Å²) in [7, 11) is 0. The summed E-state index contributed by atoms with van der Waals surface area (Å²) in [6.45, 7) is 5.71. The van der Waals surface area contributed by atoms with Gasteiger partial charge in [-0.1, -0.05) is 6.07 Å². The molecule has 0 bridgehead atoms. The van der Waals surface area contributed by atoms with Crippen LogP contribution in [-0.4, -0.2) is 51.4 Å². The Bertz CT molecular complexity index is 998. The standard InChI is InChI=1S/C21H24F4N4O3/c1-20(2,3)32-19(31)28-9-5-7-14(12-28)27-18(30)16-11-26-29(17(16)21(23,24)25)15-8-4-6-13(22)10-15/h4,6,8,10-11,14H,5,7,9,12H2,1-3H3,(H,27,30). The van der Waals surface area contributed by atoms with Gasteiger partial charge in [-0.3, -0.25) is 4.79 Å². The number of nitrogens with one attached hydrogen (secondary N) is 1. The second-order valence-corrected chi connectivity index (χ2v) is 8.54. The number of ether oxygens (including phenoxy) is 1. The van der Waals surface area contributed by atoms with Crippen LogP contribution in [0.25, 0.3) is 5.69 Å². The van der Waals surface area contributed by atoms with Crippen LogP contribution in [-0.2, 0) is 10.9 Å². The lowest BCUT2D eigenvalue weighted by Crippen LogP contribution is -2.50. The second kappa shape index (κ2) is 8.79. The molecule has 0 spiro atoms. The number of benzene rings is 1. The minimum Gasteiger partial charge on any atom is -0.444 e. The number of amides is 2. The number of halogens is 4. The maximum Gasteiger partial charge on any atom is 0.434 e. The molecular formula is C21H24F4N4O3. The highest BCUT2D eigenvalue weighted by atomic mass is 19.4. The molecule has 2 amide bonds. The van der Waals surface area contributed by atoms with Gasteiger partial charge >= 0.3 is 12.3 Å². The summed E-state index contributed by atoms with van der Waals surface area (Å²) >= 11 is 0. The number of nitrogens with zero attached hydrogens (tertiary/aromatic N) is 3. The van der Waals surface area contributed by atoms with Gasteiger partial charge in [0.05, 0.1) is 17.4 Å². The molecule has 0 radical (unpaired) electrons. The van der Waals surface area contributed by atoms with Crippen LogP contribution in [0.1, 0.15) is 49.7 Å². The summed E-state index contributed by atoms with van der Waals surface area (Å²) in [5.74, 6) is -1.71. The van der Waals surface area contributed by atoms with Crippen molar-refractivity contribution in [1.29, 1.82) is 0 Å². The number of piperidine rings is 1. The second-order valence-electron chi connectivity index (χ2n) is 8.54. The molecule has 1 aliphatic rings. The van der Waals surface area contributed by atoms with Gasteiger partial charge in [-0.05, 0) is 51.8 Å². The molecule has 1 unspecified atom stereocenters. The van der Waals surface area contributed by atoms with E-state index in [-0.39, 0.29) is 12.2 Å². The average Bonchev–Trinajstić information content (AvgIpc) is 3.13. The van der Waals surface area contributed by atoms with Crippen LogP contribution < -0.4 is 5.32 Å². The summed E-state index contributed by atoms with van der Waals surface area (Å²) in [5.41, 5.74) is -2.85. The van der Waals surface area contributed by atoms with Crippen LogP contribution in [0.5, 0.6) is 0 Å². The van der Waals surface area contributed by atoms with Crippen molar-refractivity contribution in [1.82, 2.24) is 20.0 Å². The fraction of sp³-hybridized carbons (Fsp3) is 0.476. The summed E-state index contributed by atoms with van der Waals surface area (Å²) in [4.78, 5) is 26.4. The molecule has 1 N–H and O–H groups in total. The predicted octanol–water partition coefficient (Wildman–Crippen LogP) is 4.16. The van der Waals surface area contributed by atoms with Gasteiger partial charge in [0.25, 0.3) is 5.91 Å². The molecule has 3 rings (SSSR count). The van der Waals surface area contributed by atoms with Crippen molar-refractivity contribution in [3.8, 4) is 5.69 Å². The van der Waals surface area contributed by atoms with Crippen LogP contribution in [0, 0.1) is 5.82 Å². The molecule has 2 heterocycles. The molecule has 0 saturated carbocycles. The van der Waals surface area contributed by atoms with E-state index in [1.165, 1.54) is 17.0 Å². The van der Waals surface area contributed by atoms with Crippen LogP contribution in [0.4, 0.5) is 22.4 Å². The van der Waals surface area contributed by atoms with Gasteiger partial charge in [-0.2, -0.15) is 18.3 Å². The van der Waals surface area contributed by atoms with E-state index in [4.69, 9.17) is 4.74 Å². The maximum atomic E-state index is 13.8. The van der Waals surface area contributed by atoms with Crippen molar-refractivity contribution in [2.75, 3.05) is 13.1 Å². The molecule has 1 aliphatic heterocycles. The van der Waals surface area contributed by atoms with E-state index in [9.17, 15) is 27.2 Å². The lowest BCUT2D eigenvalue weighted by atomic mass is 10.1. The third-order valence-electron chi connectivity index (χ3n) is 4.74. The third kappa shape index (κ3) is 5.57. The van der Waals surface area contributed by atoms with Crippen LogP contribution in [0.3, 0.4) is 0 Å². The highest BCUT2D eigenvalue weighted by Crippen LogP contribution is 2.34. The van der Waals surface area contributed by atoms with Crippen LogP contribution in [0.15, 0.2) is 30.5 Å². The fourth-order valence-corrected chi connectivity index (χ4v) is 3.44. The summed E-state index contributed by atoms with van der Waals surface area (Å²) in [6, 6.07) is 3.94. The third-order valence-corrected chi connectivity index (χ3v) is 4.74. The van der Waals surface area contributed by atoms with E-state index in [2.05, 4.69) is 10.4 Å². The minimum atomic E-state index is -4.91. The number of hydrogen-bond acceptors (Lipinski definition) is 4. The van der Waals surface area contributed by atoms with Gasteiger partial charge in [-0.25, -0.2) is 13.9 Å². The van der Waals surface area contributed by atoms with E-state index >= 15 is 0 Å². The topological polar surface area (TPSA) is 76.5 Å². The predicted molar refractivity (Wildman–Crippen MR) is 107 cm³/mol. The van der Waals surface area contributed by atoms with Crippen molar-refractivity contribution in [2.24, 2.45) is 0 Å². The maximum absolute atomic E-state index is 13.8. The number of hydrogen-bond donors (Lipinski definition) is 1. The zero-order valence-corrected chi connectivity index (χ0v) is 17.9. The molecule has 1 saturated heterocycles. The zero-order chi connectivity index (χ0) is 23.7. The summed E-state index contributed by atoms with van der Waals surface area (Å²) in [5, 5.41) is 6.23. The summed E-state index contributed by atoms with van der Waals surface area (Å²) < 4.78 is 60.7. The van der Waals surface area contributed by atoms with Crippen molar-refractivity contribution in [3.05, 3.63) is 47.5 Å². The lowest BCUT2D eigenvalue weighted by Gasteiger charge is -2.34. The molecule has 1 fully saturated rings. The molecule has 11 heteroatoms. The Hall–Kier alpha value is -3.11. The Morgan fingerprint density at radius 1 is 1.22 bits per heavy atom. The Morgan fingerprint density at radius 3 is 2.56 bits per heavy atom. The molecule has 1 atom stereocenters. The van der Waals surface area contributed by atoms with E-state index in [0.29, 0.717) is 24.1 Å². The van der Waals surface area contributed by atoms with Gasteiger partial charge < -0.3 is 15.0 Å². The fourth-order valence-electron chi connectivity index (χ4n) is 3.44. The van der Waals surface area contributed by atoms with Crippen LogP contribution >= 0.6 is 0 Å². The first-order valence-electron chi connectivity index (χ1n) is 10.0. The first-order chi connectivity index (χ1) is 14.8. The van der Waals surface area contributed by atoms with Gasteiger partial charge in [0.2, 0.25) is 0 Å². The number of rotatable bonds is 3. The van der Waals surface area contributed by atoms with Gasteiger partial charge in [0.1, 0.15) is 11.4 Å². The van der Waals surface area contributed by atoms with Gasteiger partial charge in [-0.15, -0.1) is 0 Å². The molecule has 174 valence electrons. The van der Waals surface area contributed by atoms with E-state index in [1.807, 2.05) is 0 Å². The SMILES string of the molecule is CC(C)(C)OC(=O)N1CCCC(NC(=O)c2cnn(-c3cccc(F)c3)c2C(F)(F)F)C1. The Balaban J connectivity index is 1.80. The normalized spacial score (nSPS) is 17.2. The molecule has 1 aromatic heterocycles. The van der Waals surface area contributed by atoms with E-state index in [0.717, 1.165) is 18.3 Å². The molecule has 7 nitrogen and oxygen atoms in total. The van der Waals surface area contributed by atoms with Gasteiger partial charge in [0, 0.05) is 19.1 Å². The molecule has 32 heavy (non-hydrogen) atoms. The van der Waals surface area contributed by atoms with E-state index in [1.54, 1.807) is 20.8 Å². The minimum absolute atomic E-state index is 0.111. The van der Waals surface area contributed by atoms with Crippen molar-refractivity contribution < 1.29 is 31.9 Å². The number of carbonyl (C=O) groups is 2. The Labute approximate surface area is 182 Å². The van der Waals surface area contributed by atoms with E-state index < -0.39 is 46.9 Å². The highest BCUT2D eigenvalue weighted by Gasteiger charge is 2.41. The Kier molecular flexibility index (Phi) is 6.47. The van der Waals surface area contributed by atoms with Gasteiger partial charge in [0.15, 0.2) is 5.69 Å². The smallest absolute Gasteiger partial charge is 0.434 e. The quantitative estimate of drug-likeness (QED) is 0.704. The monoisotopic (exact) mass is 456 g/mol. The number of aromatic nitrogens is 2. The van der Waals surface area contributed by atoms with Crippen LogP contribution in [0.2, 0.25) is 0 Å². The molecule has 0 aliphatic carbocycles. The lowest BCUT2D eigenvalue weighted by molar-refractivity contribution is -0.143. The van der Waals surface area contributed by atoms with Crippen molar-refractivity contribution in [3.63, 3.8) is 0 Å². The first-order valence-corrected chi connectivity index (χ1v) is 10.0. The zero-order valence-electron chi connectivity index (χ0n) is 17.9. The first kappa shape index (κ1) is 23.6. The highest BCUT2D eigenvalue weighted by molar-refractivity contribution is 5.95. The van der Waals surface area contributed by atoms with Crippen molar-refractivity contribution >= 4 is 12.0 Å².